The minimum atomic E-state index is -1.39. The first-order valence-electron chi connectivity index (χ1n) is 5.14. The monoisotopic (exact) mass is 201 g/mol. The van der Waals surface area contributed by atoms with Crippen molar-refractivity contribution < 1.29 is 9.13 Å². The summed E-state index contributed by atoms with van der Waals surface area (Å²) in [5, 5.41) is 0. The summed E-state index contributed by atoms with van der Waals surface area (Å²) < 4.78 is 19.4. The van der Waals surface area contributed by atoms with Crippen molar-refractivity contribution in [2.24, 2.45) is 0 Å². The van der Waals surface area contributed by atoms with Crippen LogP contribution in [0.5, 0.6) is 0 Å². The summed E-state index contributed by atoms with van der Waals surface area (Å²) in [5.41, 5.74) is -1.39. The third-order valence-corrected chi connectivity index (χ3v) is 2.74. The minimum Gasteiger partial charge on any atom is -0.376 e. The number of rotatable bonds is 2. The Balaban J connectivity index is 2.76. The van der Waals surface area contributed by atoms with Gasteiger partial charge in [0.05, 0.1) is 13.2 Å². The van der Waals surface area contributed by atoms with Gasteiger partial charge in [0.15, 0.2) is 5.67 Å². The molecule has 0 aliphatic carbocycles. The zero-order chi connectivity index (χ0) is 10.8. The van der Waals surface area contributed by atoms with Crippen LogP contribution in [0.3, 0.4) is 0 Å². The van der Waals surface area contributed by atoms with Crippen molar-refractivity contribution in [3.05, 3.63) is 12.7 Å². The van der Waals surface area contributed by atoms with E-state index >= 15 is 0 Å². The normalized spacial score (nSPS) is 35.6. The summed E-state index contributed by atoms with van der Waals surface area (Å²) >= 11 is 0. The lowest BCUT2D eigenvalue weighted by Crippen LogP contribution is -2.46. The topological polar surface area (TPSA) is 12.5 Å². The first-order valence-corrected chi connectivity index (χ1v) is 5.14. The highest BCUT2D eigenvalue weighted by molar-refractivity contribution is 5.01. The van der Waals surface area contributed by atoms with Crippen LogP contribution in [0, 0.1) is 0 Å². The van der Waals surface area contributed by atoms with Gasteiger partial charge in [-0.1, -0.05) is 12.7 Å². The molecule has 1 saturated heterocycles. The van der Waals surface area contributed by atoms with E-state index in [0.717, 1.165) is 0 Å². The summed E-state index contributed by atoms with van der Waals surface area (Å²) in [4.78, 5) is 2.12. The third kappa shape index (κ3) is 2.55. The highest BCUT2D eigenvalue weighted by Crippen LogP contribution is 2.22. The van der Waals surface area contributed by atoms with Crippen LogP contribution >= 0.6 is 0 Å². The standard InChI is InChI=1S/C11H20FNO/c1-5-11(12)7-13(9(2)3)10(4)6-14-8-11/h5,9-10H,1,6-8H2,2-4H3. The predicted molar refractivity (Wildman–Crippen MR) is 56.2 cm³/mol. The second-order valence-electron chi connectivity index (χ2n) is 4.37. The summed E-state index contributed by atoms with van der Waals surface area (Å²) in [6.07, 6.45) is 1.36. The molecule has 14 heavy (non-hydrogen) atoms. The van der Waals surface area contributed by atoms with Gasteiger partial charge in [-0.25, -0.2) is 4.39 Å². The van der Waals surface area contributed by atoms with E-state index < -0.39 is 5.67 Å². The molecule has 0 aromatic carbocycles. The van der Waals surface area contributed by atoms with E-state index in [-0.39, 0.29) is 12.6 Å². The van der Waals surface area contributed by atoms with Gasteiger partial charge in [-0.15, -0.1) is 0 Å². The molecule has 0 bridgehead atoms. The highest BCUT2D eigenvalue weighted by atomic mass is 19.1. The van der Waals surface area contributed by atoms with Gasteiger partial charge in [-0.3, -0.25) is 4.90 Å². The fourth-order valence-corrected chi connectivity index (χ4v) is 1.81. The van der Waals surface area contributed by atoms with Gasteiger partial charge >= 0.3 is 0 Å². The van der Waals surface area contributed by atoms with Crippen LogP contribution in [-0.2, 0) is 4.74 Å². The van der Waals surface area contributed by atoms with E-state index in [4.69, 9.17) is 4.74 Å². The first kappa shape index (κ1) is 11.7. The van der Waals surface area contributed by atoms with Gasteiger partial charge in [0.1, 0.15) is 0 Å². The van der Waals surface area contributed by atoms with E-state index in [0.29, 0.717) is 19.2 Å². The van der Waals surface area contributed by atoms with Gasteiger partial charge in [-0.2, -0.15) is 0 Å². The molecule has 0 aromatic rings. The molecule has 2 atom stereocenters. The molecule has 0 aromatic heterocycles. The second kappa shape index (κ2) is 4.41. The van der Waals surface area contributed by atoms with Crippen LogP contribution in [0.2, 0.25) is 0 Å². The number of alkyl halides is 1. The van der Waals surface area contributed by atoms with Gasteiger partial charge in [0, 0.05) is 18.6 Å². The van der Waals surface area contributed by atoms with E-state index in [2.05, 4.69) is 32.3 Å². The van der Waals surface area contributed by atoms with Crippen molar-refractivity contribution in [2.75, 3.05) is 19.8 Å². The average molecular weight is 201 g/mol. The molecule has 0 radical (unpaired) electrons. The Hall–Kier alpha value is -0.410. The Morgan fingerprint density at radius 1 is 1.64 bits per heavy atom. The van der Waals surface area contributed by atoms with Crippen LogP contribution in [-0.4, -0.2) is 42.4 Å². The smallest absolute Gasteiger partial charge is 0.164 e. The lowest BCUT2D eigenvalue weighted by atomic mass is 10.1. The minimum absolute atomic E-state index is 0.129. The molecule has 1 aliphatic heterocycles. The van der Waals surface area contributed by atoms with Crippen molar-refractivity contribution in [3.63, 3.8) is 0 Å². The largest absolute Gasteiger partial charge is 0.376 e. The fraction of sp³-hybridized carbons (Fsp3) is 0.818. The van der Waals surface area contributed by atoms with Crippen LogP contribution < -0.4 is 0 Å². The number of nitrogens with zero attached hydrogens (tertiary/aromatic N) is 1. The Morgan fingerprint density at radius 3 is 2.79 bits per heavy atom. The first-order chi connectivity index (χ1) is 6.48. The maximum absolute atomic E-state index is 14.1. The lowest BCUT2D eigenvalue weighted by molar-refractivity contribution is 0.0623. The molecule has 82 valence electrons. The predicted octanol–water partition coefficient (Wildman–Crippen LogP) is 2.01. The van der Waals surface area contributed by atoms with Crippen LogP contribution in [0.4, 0.5) is 4.39 Å². The second-order valence-corrected chi connectivity index (χ2v) is 4.37. The van der Waals surface area contributed by atoms with E-state index in [9.17, 15) is 4.39 Å². The third-order valence-electron chi connectivity index (χ3n) is 2.74. The molecular weight excluding hydrogens is 181 g/mol. The zero-order valence-corrected chi connectivity index (χ0v) is 9.29. The maximum Gasteiger partial charge on any atom is 0.164 e. The number of halogens is 1. The van der Waals surface area contributed by atoms with E-state index in [1.165, 1.54) is 6.08 Å². The van der Waals surface area contributed by atoms with Crippen molar-refractivity contribution in [1.29, 1.82) is 0 Å². The average Bonchev–Trinajstić information content (AvgIpc) is 2.27. The SMILES string of the molecule is C=CC1(F)COCC(C)N(C(C)C)C1. The van der Waals surface area contributed by atoms with Crippen LogP contribution in [0.15, 0.2) is 12.7 Å². The molecular formula is C11H20FNO. The molecule has 1 fully saturated rings. The van der Waals surface area contributed by atoms with Crippen molar-refractivity contribution >= 4 is 0 Å². The number of ether oxygens (including phenoxy) is 1. The van der Waals surface area contributed by atoms with Gasteiger partial charge < -0.3 is 4.74 Å². The Labute approximate surface area is 85.7 Å². The number of hydrogen-bond donors (Lipinski definition) is 0. The quantitative estimate of drug-likeness (QED) is 0.634. The molecule has 1 aliphatic rings. The van der Waals surface area contributed by atoms with Crippen LogP contribution in [0.25, 0.3) is 0 Å². The molecule has 2 nitrogen and oxygen atoms in total. The summed E-state index contributed by atoms with van der Waals surface area (Å²) in [5.74, 6) is 0. The Bertz CT molecular complexity index is 207. The maximum atomic E-state index is 14.1. The number of hydrogen-bond acceptors (Lipinski definition) is 2. The lowest BCUT2D eigenvalue weighted by Gasteiger charge is -2.33. The van der Waals surface area contributed by atoms with Gasteiger partial charge in [-0.05, 0) is 20.8 Å². The van der Waals surface area contributed by atoms with E-state index in [1.54, 1.807) is 0 Å². The van der Waals surface area contributed by atoms with E-state index in [1.807, 2.05) is 0 Å². The summed E-state index contributed by atoms with van der Waals surface area (Å²) in [7, 11) is 0. The molecule has 0 N–H and O–H groups in total. The van der Waals surface area contributed by atoms with Crippen molar-refractivity contribution in [2.45, 2.75) is 38.5 Å². The Morgan fingerprint density at radius 2 is 2.29 bits per heavy atom. The highest BCUT2D eigenvalue weighted by Gasteiger charge is 2.35. The zero-order valence-electron chi connectivity index (χ0n) is 9.29. The fourth-order valence-electron chi connectivity index (χ4n) is 1.81. The molecule has 1 rings (SSSR count). The van der Waals surface area contributed by atoms with Gasteiger partial charge in [0.25, 0.3) is 0 Å². The molecule has 3 heteroatoms. The summed E-state index contributed by atoms with van der Waals surface area (Å²) in [6.45, 7) is 10.9. The van der Waals surface area contributed by atoms with Crippen LogP contribution in [0.1, 0.15) is 20.8 Å². The molecule has 0 spiro atoms. The van der Waals surface area contributed by atoms with Crippen molar-refractivity contribution in [1.82, 2.24) is 4.90 Å². The molecule has 2 unspecified atom stereocenters. The Kier molecular flexibility index (Phi) is 3.67. The molecule has 1 heterocycles. The van der Waals surface area contributed by atoms with Gasteiger partial charge in [0.2, 0.25) is 0 Å². The summed E-state index contributed by atoms with van der Waals surface area (Å²) in [6, 6.07) is 0.606. The molecule has 0 saturated carbocycles. The van der Waals surface area contributed by atoms with Crippen molar-refractivity contribution in [3.8, 4) is 0 Å². The molecule has 0 amide bonds.